The van der Waals surface area contributed by atoms with Gasteiger partial charge in [0.25, 0.3) is 0 Å². The number of nitrogens with one attached hydrogen (secondary N) is 1. The number of amides is 1. The molecule has 20 heavy (non-hydrogen) atoms. The molecule has 1 aromatic carbocycles. The fourth-order valence-electron chi connectivity index (χ4n) is 1.48. The fourth-order valence-corrected chi connectivity index (χ4v) is 3.35. The summed E-state index contributed by atoms with van der Waals surface area (Å²) in [6.45, 7) is 1.20. The highest BCUT2D eigenvalue weighted by Gasteiger charge is 2.21. The zero-order valence-corrected chi connectivity index (χ0v) is 12.9. The van der Waals surface area contributed by atoms with Crippen molar-refractivity contribution < 1.29 is 18.9 Å². The third kappa shape index (κ3) is 5.48. The van der Waals surface area contributed by atoms with E-state index in [0.29, 0.717) is 15.6 Å². The summed E-state index contributed by atoms with van der Waals surface area (Å²) < 4.78 is 12.0. The second-order valence-corrected chi connectivity index (χ2v) is 6.42. The van der Waals surface area contributed by atoms with E-state index in [1.165, 1.54) is 13.0 Å². The molecule has 1 amide bonds. The van der Waals surface area contributed by atoms with Gasteiger partial charge in [-0.25, -0.2) is 4.79 Å². The van der Waals surface area contributed by atoms with Crippen molar-refractivity contribution in [3.8, 4) is 0 Å². The summed E-state index contributed by atoms with van der Waals surface area (Å²) in [6, 6.07) is 3.59. The molecular weight excluding hydrogens is 325 g/mol. The molecular formula is C12H13Cl2NO4S. The van der Waals surface area contributed by atoms with Gasteiger partial charge in [-0.2, -0.15) is 0 Å². The predicted octanol–water partition coefficient (Wildman–Crippen LogP) is 1.83. The number of benzene rings is 1. The fraction of sp³-hybridized carbons (Fsp3) is 0.333. The van der Waals surface area contributed by atoms with Crippen LogP contribution in [0.4, 0.5) is 0 Å². The van der Waals surface area contributed by atoms with Gasteiger partial charge in [-0.3, -0.25) is 9.00 Å². The Morgan fingerprint density at radius 2 is 2.05 bits per heavy atom. The van der Waals surface area contributed by atoms with E-state index in [-0.39, 0.29) is 11.5 Å². The van der Waals surface area contributed by atoms with Crippen LogP contribution in [0.25, 0.3) is 0 Å². The van der Waals surface area contributed by atoms with Gasteiger partial charge in [0.05, 0.1) is 11.5 Å². The number of carbonyl (C=O) groups is 2. The van der Waals surface area contributed by atoms with Crippen LogP contribution in [0.5, 0.6) is 0 Å². The molecule has 2 atom stereocenters. The number of carboxylic acids is 1. The first kappa shape index (κ1) is 16.9. The van der Waals surface area contributed by atoms with Crippen molar-refractivity contribution in [2.75, 3.05) is 5.75 Å². The maximum atomic E-state index is 12.0. The largest absolute Gasteiger partial charge is 0.480 e. The zero-order valence-electron chi connectivity index (χ0n) is 10.6. The molecule has 5 nitrogen and oxygen atoms in total. The third-order valence-corrected chi connectivity index (χ3v) is 4.28. The molecule has 1 unspecified atom stereocenters. The van der Waals surface area contributed by atoms with Crippen molar-refractivity contribution in [2.45, 2.75) is 18.7 Å². The summed E-state index contributed by atoms with van der Waals surface area (Å²) in [6.07, 6.45) is 0. The molecule has 0 aliphatic rings. The van der Waals surface area contributed by atoms with E-state index in [1.54, 1.807) is 12.1 Å². The van der Waals surface area contributed by atoms with Crippen molar-refractivity contribution in [1.29, 1.82) is 0 Å². The topological polar surface area (TPSA) is 83.5 Å². The highest BCUT2D eigenvalue weighted by atomic mass is 35.5. The lowest BCUT2D eigenvalue weighted by molar-refractivity contribution is -0.140. The highest BCUT2D eigenvalue weighted by molar-refractivity contribution is 7.84. The summed E-state index contributed by atoms with van der Waals surface area (Å²) in [5.41, 5.74) is 0.612. The van der Waals surface area contributed by atoms with Crippen molar-refractivity contribution >= 4 is 45.9 Å². The minimum atomic E-state index is -1.48. The lowest BCUT2D eigenvalue weighted by Crippen LogP contribution is -2.43. The van der Waals surface area contributed by atoms with Gasteiger partial charge in [0.15, 0.2) is 0 Å². The van der Waals surface area contributed by atoms with Gasteiger partial charge in [0.1, 0.15) is 6.04 Å². The summed E-state index contributed by atoms with van der Waals surface area (Å²) in [5.74, 6) is -1.80. The molecule has 1 aromatic rings. The summed E-state index contributed by atoms with van der Waals surface area (Å²) in [5, 5.41) is 12.0. The molecule has 0 aromatic heterocycles. The van der Waals surface area contributed by atoms with Crippen LogP contribution in [0.1, 0.15) is 12.5 Å². The van der Waals surface area contributed by atoms with Gasteiger partial charge >= 0.3 is 5.97 Å². The van der Waals surface area contributed by atoms with E-state index < -0.39 is 28.7 Å². The maximum Gasteiger partial charge on any atom is 0.327 e. The minimum absolute atomic E-state index is 0.0966. The molecule has 0 fully saturated rings. The normalized spacial score (nSPS) is 13.6. The second kappa shape index (κ2) is 7.61. The Labute approximate surface area is 128 Å². The van der Waals surface area contributed by atoms with Gasteiger partial charge in [-0.15, -0.1) is 0 Å². The molecule has 1 rings (SSSR count). The molecule has 0 heterocycles. The molecule has 2 N–H and O–H groups in total. The van der Waals surface area contributed by atoms with E-state index >= 15 is 0 Å². The molecule has 0 spiro atoms. The molecule has 0 saturated heterocycles. The second-order valence-electron chi connectivity index (χ2n) is 4.08. The van der Waals surface area contributed by atoms with Crippen LogP contribution in [-0.2, 0) is 26.1 Å². The Hall–Kier alpha value is -1.11. The Kier molecular flexibility index (Phi) is 6.45. The molecule has 0 radical (unpaired) electrons. The van der Waals surface area contributed by atoms with Crippen molar-refractivity contribution in [2.24, 2.45) is 0 Å². The van der Waals surface area contributed by atoms with Gasteiger partial charge in [-0.05, 0) is 17.7 Å². The quantitative estimate of drug-likeness (QED) is 0.829. The van der Waals surface area contributed by atoms with E-state index in [1.807, 2.05) is 0 Å². The molecule has 110 valence electrons. The predicted molar refractivity (Wildman–Crippen MR) is 78.4 cm³/mol. The Bertz CT molecular complexity index is 550. The lowest BCUT2D eigenvalue weighted by Gasteiger charge is -2.13. The van der Waals surface area contributed by atoms with Gasteiger partial charge in [0, 0.05) is 27.8 Å². The van der Waals surface area contributed by atoms with E-state index in [4.69, 9.17) is 28.3 Å². The number of rotatable bonds is 6. The lowest BCUT2D eigenvalue weighted by atomic mass is 10.2. The van der Waals surface area contributed by atoms with Crippen LogP contribution in [0, 0.1) is 0 Å². The van der Waals surface area contributed by atoms with Crippen LogP contribution in [-0.4, -0.2) is 33.0 Å². The first-order valence-electron chi connectivity index (χ1n) is 5.58. The van der Waals surface area contributed by atoms with Gasteiger partial charge < -0.3 is 10.4 Å². The average Bonchev–Trinajstić information content (AvgIpc) is 2.31. The molecule has 0 saturated carbocycles. The number of halogens is 2. The van der Waals surface area contributed by atoms with Crippen molar-refractivity contribution in [3.05, 3.63) is 33.8 Å². The first-order valence-corrected chi connectivity index (χ1v) is 7.82. The Balaban J connectivity index is 2.70. The summed E-state index contributed by atoms with van der Waals surface area (Å²) in [7, 11) is -1.48. The number of carboxylic acid groups (broad SMARTS) is 1. The monoisotopic (exact) mass is 337 g/mol. The smallest absolute Gasteiger partial charge is 0.327 e. The van der Waals surface area contributed by atoms with Crippen LogP contribution in [0.2, 0.25) is 10.0 Å². The maximum absolute atomic E-state index is 12.0. The van der Waals surface area contributed by atoms with Crippen LogP contribution >= 0.6 is 23.2 Å². The van der Waals surface area contributed by atoms with Crippen molar-refractivity contribution in [3.63, 3.8) is 0 Å². The number of hydrogen-bond acceptors (Lipinski definition) is 3. The highest BCUT2D eigenvalue weighted by Crippen LogP contribution is 2.22. The molecule has 0 bridgehead atoms. The van der Waals surface area contributed by atoms with Gasteiger partial charge in [-0.1, -0.05) is 29.3 Å². The Morgan fingerprint density at radius 1 is 1.40 bits per heavy atom. The summed E-state index contributed by atoms with van der Waals surface area (Å²) in [4.78, 5) is 21.8. The minimum Gasteiger partial charge on any atom is -0.480 e. The number of carbonyl (C=O) groups excluding carboxylic acids is 1. The SMILES string of the molecule is CC(=O)N[C@@H](CS(=O)Cc1ccc(Cl)cc1Cl)C(=O)O. The molecule has 0 aliphatic heterocycles. The first-order chi connectivity index (χ1) is 9.29. The van der Waals surface area contributed by atoms with Crippen molar-refractivity contribution in [1.82, 2.24) is 5.32 Å². The van der Waals surface area contributed by atoms with Crippen LogP contribution in [0.3, 0.4) is 0 Å². The Morgan fingerprint density at radius 3 is 2.55 bits per heavy atom. The third-order valence-electron chi connectivity index (χ3n) is 2.36. The van der Waals surface area contributed by atoms with Gasteiger partial charge in [0.2, 0.25) is 5.91 Å². The molecule has 8 heteroatoms. The van der Waals surface area contributed by atoms with E-state index in [0.717, 1.165) is 0 Å². The van der Waals surface area contributed by atoms with Crippen LogP contribution < -0.4 is 5.32 Å². The average molecular weight is 338 g/mol. The number of aliphatic carboxylic acids is 1. The van der Waals surface area contributed by atoms with E-state index in [2.05, 4.69) is 5.32 Å². The van der Waals surface area contributed by atoms with Crippen LogP contribution in [0.15, 0.2) is 18.2 Å². The summed E-state index contributed by atoms with van der Waals surface area (Å²) >= 11 is 11.7. The molecule has 0 aliphatic carbocycles. The zero-order chi connectivity index (χ0) is 15.3. The number of hydrogen-bond donors (Lipinski definition) is 2. The van der Waals surface area contributed by atoms with E-state index in [9.17, 15) is 13.8 Å². The standard InChI is InChI=1S/C12H13Cl2NO4S/c1-7(16)15-11(12(17)18)6-20(19)5-8-2-3-9(13)4-10(8)14/h2-4,11H,5-6H2,1H3,(H,15,16)(H,17,18)/t11-,20?/m0/s1.